The van der Waals surface area contributed by atoms with E-state index in [1.807, 2.05) is 0 Å². The Kier molecular flexibility index (Phi) is 5.53. The van der Waals surface area contributed by atoms with Crippen molar-refractivity contribution in [3.05, 3.63) is 28.2 Å². The number of carbonyl (C=O) groups excluding carboxylic acids is 1. The minimum absolute atomic E-state index is 0.250. The summed E-state index contributed by atoms with van der Waals surface area (Å²) < 4.78 is 5.54. The van der Waals surface area contributed by atoms with Crippen LogP contribution < -0.4 is 4.74 Å². The van der Waals surface area contributed by atoms with Crippen LogP contribution in [-0.2, 0) is 4.79 Å². The van der Waals surface area contributed by atoms with Gasteiger partial charge in [-0.2, -0.15) is 0 Å². The highest BCUT2D eigenvalue weighted by Crippen LogP contribution is 2.26. The summed E-state index contributed by atoms with van der Waals surface area (Å²) in [5, 5.41) is 1.09. The van der Waals surface area contributed by atoms with Crippen LogP contribution in [0.1, 0.15) is 38.5 Å². The molecule has 0 bridgehead atoms. The maximum atomic E-state index is 12.0. The highest BCUT2D eigenvalue weighted by atomic mass is 35.5. The molecule has 4 heteroatoms. The van der Waals surface area contributed by atoms with E-state index >= 15 is 0 Å². The van der Waals surface area contributed by atoms with Crippen molar-refractivity contribution in [3.8, 4) is 5.75 Å². The number of carbonyl (C=O) groups is 1. The van der Waals surface area contributed by atoms with Crippen molar-refractivity contribution in [2.24, 2.45) is 5.92 Å². The van der Waals surface area contributed by atoms with Gasteiger partial charge in [0.1, 0.15) is 11.5 Å². The predicted molar refractivity (Wildman–Crippen MR) is 78.2 cm³/mol. The Labute approximate surface area is 124 Å². The zero-order chi connectivity index (χ0) is 13.7. The Morgan fingerprint density at radius 1 is 1.11 bits per heavy atom. The monoisotopic (exact) mass is 300 g/mol. The summed E-state index contributed by atoms with van der Waals surface area (Å²) in [6.45, 7) is 0.395. The van der Waals surface area contributed by atoms with Crippen molar-refractivity contribution in [2.75, 3.05) is 6.61 Å². The fraction of sp³-hybridized carbons (Fsp3) is 0.533. The van der Waals surface area contributed by atoms with E-state index in [4.69, 9.17) is 27.9 Å². The topological polar surface area (TPSA) is 26.3 Å². The molecule has 0 spiro atoms. The van der Waals surface area contributed by atoms with Crippen LogP contribution in [0.3, 0.4) is 0 Å². The third-order valence-electron chi connectivity index (χ3n) is 3.51. The molecule has 0 unspecified atom stereocenters. The third-order valence-corrected chi connectivity index (χ3v) is 3.95. The van der Waals surface area contributed by atoms with Crippen LogP contribution in [0.2, 0.25) is 10.0 Å². The van der Waals surface area contributed by atoms with E-state index in [0.717, 1.165) is 12.8 Å². The van der Waals surface area contributed by atoms with Crippen LogP contribution in [0.15, 0.2) is 18.2 Å². The van der Waals surface area contributed by atoms with Gasteiger partial charge >= 0.3 is 0 Å². The van der Waals surface area contributed by atoms with E-state index in [9.17, 15) is 4.79 Å². The maximum absolute atomic E-state index is 12.0. The second-order valence-electron chi connectivity index (χ2n) is 5.00. The van der Waals surface area contributed by atoms with Gasteiger partial charge in [-0.15, -0.1) is 0 Å². The lowest BCUT2D eigenvalue weighted by Crippen LogP contribution is -2.19. The minimum Gasteiger partial charge on any atom is -0.493 e. The molecular formula is C15H18Cl2O2. The Hall–Kier alpha value is -0.730. The standard InChI is InChI=1S/C15H18Cl2O2/c16-12-8-13(17)10-14(9-12)19-7-6-15(18)11-4-2-1-3-5-11/h8-11H,1-7H2. The SMILES string of the molecule is O=C(CCOc1cc(Cl)cc(Cl)c1)C1CCCCC1. The van der Waals surface area contributed by atoms with Crippen molar-refractivity contribution in [1.29, 1.82) is 0 Å². The Morgan fingerprint density at radius 2 is 1.74 bits per heavy atom. The molecule has 0 amide bonds. The first-order chi connectivity index (χ1) is 9.15. The van der Waals surface area contributed by atoms with E-state index in [1.165, 1.54) is 19.3 Å². The lowest BCUT2D eigenvalue weighted by atomic mass is 9.85. The summed E-state index contributed by atoms with van der Waals surface area (Å²) in [6.07, 6.45) is 6.18. The number of halogens is 2. The molecule has 19 heavy (non-hydrogen) atoms. The largest absolute Gasteiger partial charge is 0.493 e. The fourth-order valence-corrected chi connectivity index (χ4v) is 3.02. The molecule has 0 N–H and O–H groups in total. The van der Waals surface area contributed by atoms with Gasteiger partial charge in [-0.05, 0) is 31.0 Å². The molecule has 2 rings (SSSR count). The number of hydrogen-bond acceptors (Lipinski definition) is 2. The molecule has 1 aliphatic carbocycles. The van der Waals surface area contributed by atoms with Crippen LogP contribution >= 0.6 is 23.2 Å². The smallest absolute Gasteiger partial charge is 0.139 e. The summed E-state index contributed by atoms with van der Waals surface area (Å²) >= 11 is 11.8. The summed E-state index contributed by atoms with van der Waals surface area (Å²) in [5.74, 6) is 1.20. The van der Waals surface area contributed by atoms with Gasteiger partial charge in [0.2, 0.25) is 0 Å². The molecule has 1 aromatic carbocycles. The minimum atomic E-state index is 0.250. The van der Waals surface area contributed by atoms with Gasteiger partial charge in [0.05, 0.1) is 6.61 Å². The van der Waals surface area contributed by atoms with Gasteiger partial charge in [0.25, 0.3) is 0 Å². The summed E-state index contributed by atoms with van der Waals surface area (Å²) in [6, 6.07) is 5.07. The van der Waals surface area contributed by atoms with Crippen molar-refractivity contribution in [2.45, 2.75) is 38.5 Å². The van der Waals surface area contributed by atoms with E-state index in [1.54, 1.807) is 18.2 Å². The summed E-state index contributed by atoms with van der Waals surface area (Å²) in [5.41, 5.74) is 0. The molecule has 1 aromatic rings. The molecule has 1 saturated carbocycles. The van der Waals surface area contributed by atoms with Crippen LogP contribution in [0.4, 0.5) is 0 Å². The number of hydrogen-bond donors (Lipinski definition) is 0. The van der Waals surface area contributed by atoms with E-state index in [0.29, 0.717) is 34.6 Å². The van der Waals surface area contributed by atoms with Crippen molar-refractivity contribution < 1.29 is 9.53 Å². The normalized spacial score (nSPS) is 16.3. The van der Waals surface area contributed by atoms with Crippen LogP contribution in [-0.4, -0.2) is 12.4 Å². The Bertz CT molecular complexity index is 420. The molecule has 0 heterocycles. The highest BCUT2D eigenvalue weighted by molar-refractivity contribution is 6.34. The first-order valence-corrected chi connectivity index (χ1v) is 7.52. The van der Waals surface area contributed by atoms with E-state index in [2.05, 4.69) is 0 Å². The second-order valence-corrected chi connectivity index (χ2v) is 5.88. The Morgan fingerprint density at radius 3 is 2.37 bits per heavy atom. The van der Waals surface area contributed by atoms with Crippen LogP contribution in [0.25, 0.3) is 0 Å². The predicted octanol–water partition coefficient (Wildman–Crippen LogP) is 4.91. The number of ketones is 1. The molecule has 1 aliphatic rings. The molecule has 0 saturated heterocycles. The quantitative estimate of drug-likeness (QED) is 0.772. The van der Waals surface area contributed by atoms with E-state index < -0.39 is 0 Å². The lowest BCUT2D eigenvalue weighted by Gasteiger charge is -2.20. The van der Waals surface area contributed by atoms with Gasteiger partial charge in [-0.3, -0.25) is 4.79 Å². The zero-order valence-corrected chi connectivity index (χ0v) is 12.3. The lowest BCUT2D eigenvalue weighted by molar-refractivity contribution is -0.124. The molecule has 104 valence electrons. The molecule has 0 aliphatic heterocycles. The van der Waals surface area contributed by atoms with Crippen molar-refractivity contribution in [3.63, 3.8) is 0 Å². The highest BCUT2D eigenvalue weighted by Gasteiger charge is 2.20. The molecule has 0 aromatic heterocycles. The third kappa shape index (κ3) is 4.70. The fourth-order valence-electron chi connectivity index (χ4n) is 2.51. The summed E-state index contributed by atoms with van der Waals surface area (Å²) in [7, 11) is 0. The Balaban J connectivity index is 1.77. The van der Waals surface area contributed by atoms with E-state index in [-0.39, 0.29) is 5.92 Å². The van der Waals surface area contributed by atoms with Crippen molar-refractivity contribution in [1.82, 2.24) is 0 Å². The number of rotatable bonds is 5. The zero-order valence-electron chi connectivity index (χ0n) is 10.8. The van der Waals surface area contributed by atoms with Crippen LogP contribution in [0.5, 0.6) is 5.75 Å². The summed E-state index contributed by atoms with van der Waals surface area (Å²) in [4.78, 5) is 12.0. The second kappa shape index (κ2) is 7.16. The maximum Gasteiger partial charge on any atom is 0.139 e. The van der Waals surface area contributed by atoms with Gasteiger partial charge in [0.15, 0.2) is 0 Å². The molecule has 2 nitrogen and oxygen atoms in total. The average Bonchev–Trinajstić information content (AvgIpc) is 2.38. The number of ether oxygens (including phenoxy) is 1. The van der Waals surface area contributed by atoms with Crippen molar-refractivity contribution >= 4 is 29.0 Å². The molecular weight excluding hydrogens is 283 g/mol. The average molecular weight is 301 g/mol. The number of benzene rings is 1. The van der Waals surface area contributed by atoms with Gasteiger partial charge in [-0.1, -0.05) is 42.5 Å². The molecule has 0 radical (unpaired) electrons. The van der Waals surface area contributed by atoms with Crippen LogP contribution in [0, 0.1) is 5.92 Å². The van der Waals surface area contributed by atoms with Gasteiger partial charge in [0, 0.05) is 22.4 Å². The molecule has 1 fully saturated rings. The molecule has 0 atom stereocenters. The first-order valence-electron chi connectivity index (χ1n) is 6.77. The first kappa shape index (κ1) is 14.7. The number of Topliss-reactive ketones (excluding diaryl/α,β-unsaturated/α-hetero) is 1. The van der Waals surface area contributed by atoms with Gasteiger partial charge in [-0.25, -0.2) is 0 Å². The van der Waals surface area contributed by atoms with Gasteiger partial charge < -0.3 is 4.74 Å².